The standard InChI is InChI=1S/C19H27NO5/c1-13-10-15(11-14(2)18(13)25-12-17(21)22)19(23)20-8-9-24-16-6-4-3-5-7-16/h10-11,16H,3-9,12H2,1-2H3,(H,20,23)(H,21,22). The lowest BCUT2D eigenvalue weighted by Gasteiger charge is -2.22. The number of carboxylic acid groups (broad SMARTS) is 1. The van der Waals surface area contributed by atoms with Crippen LogP contribution in [0, 0.1) is 13.8 Å². The van der Waals surface area contributed by atoms with E-state index in [9.17, 15) is 9.59 Å². The van der Waals surface area contributed by atoms with E-state index in [0.29, 0.717) is 30.6 Å². The molecule has 0 atom stereocenters. The molecule has 1 amide bonds. The SMILES string of the molecule is Cc1cc(C(=O)NCCOC2CCCCC2)cc(C)c1OCC(=O)O. The molecule has 6 nitrogen and oxygen atoms in total. The van der Waals surface area contributed by atoms with Gasteiger partial charge in [0.05, 0.1) is 12.7 Å². The Kier molecular flexibility index (Phi) is 7.25. The van der Waals surface area contributed by atoms with Gasteiger partial charge in [0.25, 0.3) is 5.91 Å². The van der Waals surface area contributed by atoms with Gasteiger partial charge in [-0.3, -0.25) is 4.79 Å². The minimum Gasteiger partial charge on any atom is -0.481 e. The molecule has 0 saturated heterocycles. The molecule has 2 rings (SSSR count). The number of ether oxygens (including phenoxy) is 2. The summed E-state index contributed by atoms with van der Waals surface area (Å²) in [5.41, 5.74) is 2.02. The molecule has 0 radical (unpaired) electrons. The van der Waals surface area contributed by atoms with Gasteiger partial charge in [0.15, 0.2) is 6.61 Å². The summed E-state index contributed by atoms with van der Waals surface area (Å²) in [5, 5.41) is 11.6. The lowest BCUT2D eigenvalue weighted by atomic mass is 9.98. The largest absolute Gasteiger partial charge is 0.481 e. The Morgan fingerprint density at radius 2 is 1.80 bits per heavy atom. The smallest absolute Gasteiger partial charge is 0.341 e. The molecule has 0 heterocycles. The number of carbonyl (C=O) groups excluding carboxylic acids is 1. The van der Waals surface area contributed by atoms with Gasteiger partial charge in [-0.25, -0.2) is 4.79 Å². The van der Waals surface area contributed by atoms with Crippen LogP contribution in [0.3, 0.4) is 0 Å². The van der Waals surface area contributed by atoms with Crippen molar-refractivity contribution in [2.24, 2.45) is 0 Å². The molecule has 1 aliphatic rings. The van der Waals surface area contributed by atoms with E-state index in [1.54, 1.807) is 26.0 Å². The first-order valence-electron chi connectivity index (χ1n) is 8.83. The van der Waals surface area contributed by atoms with Crippen molar-refractivity contribution < 1.29 is 24.2 Å². The van der Waals surface area contributed by atoms with Gasteiger partial charge in [0.2, 0.25) is 0 Å². The van der Waals surface area contributed by atoms with E-state index in [1.165, 1.54) is 19.3 Å². The number of amides is 1. The van der Waals surface area contributed by atoms with Gasteiger partial charge in [0, 0.05) is 12.1 Å². The number of nitrogens with one attached hydrogen (secondary N) is 1. The molecule has 0 bridgehead atoms. The second-order valence-electron chi connectivity index (χ2n) is 6.51. The van der Waals surface area contributed by atoms with Crippen LogP contribution in [0.15, 0.2) is 12.1 Å². The minimum absolute atomic E-state index is 0.164. The molecular weight excluding hydrogens is 322 g/mol. The molecule has 0 aliphatic heterocycles. The van der Waals surface area contributed by atoms with Crippen LogP contribution in [0.5, 0.6) is 5.75 Å². The average molecular weight is 349 g/mol. The van der Waals surface area contributed by atoms with Gasteiger partial charge in [-0.05, 0) is 49.9 Å². The Labute approximate surface area is 148 Å². The summed E-state index contributed by atoms with van der Waals surface area (Å²) < 4.78 is 11.1. The Morgan fingerprint density at radius 3 is 2.40 bits per heavy atom. The fourth-order valence-corrected chi connectivity index (χ4v) is 3.17. The number of rotatable bonds is 8. The number of benzene rings is 1. The fraction of sp³-hybridized carbons (Fsp3) is 0.579. The van der Waals surface area contributed by atoms with Crippen LogP contribution in [0.4, 0.5) is 0 Å². The van der Waals surface area contributed by atoms with Crippen LogP contribution in [0.1, 0.15) is 53.6 Å². The molecule has 2 N–H and O–H groups in total. The summed E-state index contributed by atoms with van der Waals surface area (Å²) in [6, 6.07) is 3.42. The van der Waals surface area contributed by atoms with Gasteiger partial charge in [-0.2, -0.15) is 0 Å². The van der Waals surface area contributed by atoms with Crippen molar-refractivity contribution in [2.75, 3.05) is 19.8 Å². The number of aryl methyl sites for hydroxylation is 2. The molecule has 138 valence electrons. The van der Waals surface area contributed by atoms with Crippen LogP contribution in [-0.4, -0.2) is 42.8 Å². The molecule has 0 aromatic heterocycles. The van der Waals surface area contributed by atoms with Crippen LogP contribution in [0.2, 0.25) is 0 Å². The molecule has 1 saturated carbocycles. The molecule has 1 aliphatic carbocycles. The second kappa shape index (κ2) is 9.42. The predicted molar refractivity (Wildman–Crippen MR) is 94.2 cm³/mol. The number of aliphatic carboxylic acids is 1. The highest BCUT2D eigenvalue weighted by molar-refractivity contribution is 5.94. The number of carboxylic acids is 1. The third-order valence-corrected chi connectivity index (χ3v) is 4.36. The molecule has 0 unspecified atom stereocenters. The Balaban J connectivity index is 1.83. The summed E-state index contributed by atoms with van der Waals surface area (Å²) >= 11 is 0. The van der Waals surface area contributed by atoms with Crippen molar-refractivity contribution in [1.29, 1.82) is 0 Å². The van der Waals surface area contributed by atoms with Crippen LogP contribution in [0.25, 0.3) is 0 Å². The number of hydrogen-bond acceptors (Lipinski definition) is 4. The maximum absolute atomic E-state index is 12.3. The number of carbonyl (C=O) groups is 2. The van der Waals surface area contributed by atoms with Gasteiger partial charge >= 0.3 is 5.97 Å². The van der Waals surface area contributed by atoms with E-state index in [0.717, 1.165) is 24.0 Å². The molecule has 1 fully saturated rings. The van der Waals surface area contributed by atoms with Crippen molar-refractivity contribution in [3.63, 3.8) is 0 Å². The van der Waals surface area contributed by atoms with E-state index in [-0.39, 0.29) is 5.91 Å². The van der Waals surface area contributed by atoms with E-state index >= 15 is 0 Å². The summed E-state index contributed by atoms with van der Waals surface area (Å²) in [7, 11) is 0. The topological polar surface area (TPSA) is 84.9 Å². The van der Waals surface area contributed by atoms with E-state index in [4.69, 9.17) is 14.6 Å². The van der Waals surface area contributed by atoms with Crippen molar-refractivity contribution >= 4 is 11.9 Å². The minimum atomic E-state index is -1.03. The summed E-state index contributed by atoms with van der Waals surface area (Å²) in [4.78, 5) is 22.9. The Bertz CT molecular complexity index is 585. The highest BCUT2D eigenvalue weighted by Gasteiger charge is 2.15. The lowest BCUT2D eigenvalue weighted by Crippen LogP contribution is -2.29. The van der Waals surface area contributed by atoms with Crippen LogP contribution < -0.4 is 10.1 Å². The van der Waals surface area contributed by atoms with Crippen molar-refractivity contribution in [3.05, 3.63) is 28.8 Å². The van der Waals surface area contributed by atoms with Gasteiger partial charge in [-0.15, -0.1) is 0 Å². The van der Waals surface area contributed by atoms with Gasteiger partial charge in [0.1, 0.15) is 5.75 Å². The highest BCUT2D eigenvalue weighted by atomic mass is 16.5. The molecule has 6 heteroatoms. The summed E-state index contributed by atoms with van der Waals surface area (Å²) in [5.74, 6) is -0.679. The summed E-state index contributed by atoms with van der Waals surface area (Å²) in [6.45, 7) is 4.20. The van der Waals surface area contributed by atoms with E-state index in [1.807, 2.05) is 0 Å². The Morgan fingerprint density at radius 1 is 1.16 bits per heavy atom. The molecule has 0 spiro atoms. The maximum Gasteiger partial charge on any atom is 0.341 e. The zero-order valence-electron chi connectivity index (χ0n) is 15.0. The van der Waals surface area contributed by atoms with Crippen LogP contribution in [-0.2, 0) is 9.53 Å². The normalized spacial score (nSPS) is 15.0. The molecule has 1 aromatic rings. The van der Waals surface area contributed by atoms with Crippen molar-refractivity contribution in [2.45, 2.75) is 52.1 Å². The van der Waals surface area contributed by atoms with Gasteiger partial charge < -0.3 is 19.9 Å². The van der Waals surface area contributed by atoms with Crippen molar-refractivity contribution in [1.82, 2.24) is 5.32 Å². The van der Waals surface area contributed by atoms with E-state index < -0.39 is 12.6 Å². The zero-order chi connectivity index (χ0) is 18.2. The number of hydrogen-bond donors (Lipinski definition) is 2. The van der Waals surface area contributed by atoms with E-state index in [2.05, 4.69) is 5.32 Å². The predicted octanol–water partition coefficient (Wildman–Crippen LogP) is 2.85. The second-order valence-corrected chi connectivity index (χ2v) is 6.51. The van der Waals surface area contributed by atoms with Crippen molar-refractivity contribution in [3.8, 4) is 5.75 Å². The fourth-order valence-electron chi connectivity index (χ4n) is 3.17. The molecule has 25 heavy (non-hydrogen) atoms. The zero-order valence-corrected chi connectivity index (χ0v) is 15.0. The first-order valence-corrected chi connectivity index (χ1v) is 8.83. The summed E-state index contributed by atoms with van der Waals surface area (Å²) in [6.07, 6.45) is 6.31. The van der Waals surface area contributed by atoms with Crippen LogP contribution >= 0.6 is 0 Å². The lowest BCUT2D eigenvalue weighted by molar-refractivity contribution is -0.139. The molecule has 1 aromatic carbocycles. The molecular formula is C19H27NO5. The van der Waals surface area contributed by atoms with Gasteiger partial charge in [-0.1, -0.05) is 19.3 Å². The third-order valence-electron chi connectivity index (χ3n) is 4.36. The maximum atomic E-state index is 12.3. The first kappa shape index (κ1) is 19.2. The Hall–Kier alpha value is -2.08. The first-order chi connectivity index (χ1) is 12.0. The highest BCUT2D eigenvalue weighted by Crippen LogP contribution is 2.25. The monoisotopic (exact) mass is 349 g/mol. The average Bonchev–Trinajstić information content (AvgIpc) is 2.58. The quantitative estimate of drug-likeness (QED) is 0.705. The third kappa shape index (κ3) is 6.05.